The number of hydrogen-bond donors (Lipinski definition) is 2. The third-order valence-electron chi connectivity index (χ3n) is 6.28. The van der Waals surface area contributed by atoms with Crippen molar-refractivity contribution in [3.05, 3.63) is 59.2 Å². The van der Waals surface area contributed by atoms with Crippen molar-refractivity contribution in [1.82, 2.24) is 10.2 Å². The number of nitrogens with one attached hydrogen (secondary N) is 1. The predicted octanol–water partition coefficient (Wildman–Crippen LogP) is 2.19. The third kappa shape index (κ3) is 6.10. The number of amides is 1. The summed E-state index contributed by atoms with van der Waals surface area (Å²) in [7, 11) is 4.33. The van der Waals surface area contributed by atoms with Crippen LogP contribution in [0.5, 0.6) is 11.5 Å². The Balaban J connectivity index is 1.78. The van der Waals surface area contributed by atoms with Gasteiger partial charge in [-0.1, -0.05) is 30.3 Å². The highest BCUT2D eigenvalue weighted by Crippen LogP contribution is 2.35. The summed E-state index contributed by atoms with van der Waals surface area (Å²) in [4.78, 5) is 39.2. The van der Waals surface area contributed by atoms with Gasteiger partial charge in [-0.2, -0.15) is 0 Å². The van der Waals surface area contributed by atoms with Crippen LogP contribution >= 0.6 is 0 Å². The number of hydrogen-bond acceptors (Lipinski definition) is 7. The summed E-state index contributed by atoms with van der Waals surface area (Å²) in [5.41, 5.74) is 2.63. The first-order valence-corrected chi connectivity index (χ1v) is 11.4. The molecule has 1 amide bonds. The van der Waals surface area contributed by atoms with Crippen molar-refractivity contribution in [2.24, 2.45) is 0 Å². The normalized spacial score (nSPS) is 16.6. The standard InChI is InChI=1S/C26H32N2O7/c1-16(27-20(26(32)35-4)11-10-17-8-6-5-7-9-17)24(29)28-15-19-14-23(34-3)22(33-2)13-18(19)12-21(28)25(30)31/h5-9,13-14,16,20-21,27H,10-12,15H2,1-4H3,(H,30,31)/t16-,20+,21-/m0/s1. The SMILES string of the molecule is COC(=O)[C@@H](CCc1ccccc1)N[C@@H](C)C(=O)N1Cc2cc(OC)c(OC)cc2C[C@H]1C(=O)O. The van der Waals surface area contributed by atoms with Crippen molar-refractivity contribution in [2.45, 2.75) is 50.9 Å². The van der Waals surface area contributed by atoms with Crippen LogP contribution in [0, 0.1) is 0 Å². The summed E-state index contributed by atoms with van der Waals surface area (Å²) in [5, 5.41) is 12.9. The summed E-state index contributed by atoms with van der Waals surface area (Å²) in [6.07, 6.45) is 1.18. The Morgan fingerprint density at radius 1 is 1.06 bits per heavy atom. The average molecular weight is 485 g/mol. The lowest BCUT2D eigenvalue weighted by Crippen LogP contribution is -2.56. The van der Waals surface area contributed by atoms with Crippen molar-refractivity contribution in [3.8, 4) is 11.5 Å². The lowest BCUT2D eigenvalue weighted by molar-refractivity contribution is -0.153. The highest BCUT2D eigenvalue weighted by Gasteiger charge is 2.38. The number of aryl methyl sites for hydroxylation is 1. The molecule has 35 heavy (non-hydrogen) atoms. The molecule has 0 bridgehead atoms. The fourth-order valence-corrected chi connectivity index (χ4v) is 4.35. The summed E-state index contributed by atoms with van der Waals surface area (Å²) < 4.78 is 15.6. The molecule has 188 valence electrons. The molecule has 0 aromatic heterocycles. The number of aliphatic carboxylic acids is 1. The van der Waals surface area contributed by atoms with E-state index in [0.717, 1.165) is 16.7 Å². The van der Waals surface area contributed by atoms with Gasteiger partial charge in [0.2, 0.25) is 5.91 Å². The number of methoxy groups -OCH3 is 3. The summed E-state index contributed by atoms with van der Waals surface area (Å²) in [6, 6.07) is 10.7. The van der Waals surface area contributed by atoms with Crippen molar-refractivity contribution in [2.75, 3.05) is 21.3 Å². The molecule has 0 unspecified atom stereocenters. The highest BCUT2D eigenvalue weighted by molar-refractivity contribution is 5.88. The molecule has 0 saturated heterocycles. The Kier molecular flexibility index (Phi) is 8.70. The van der Waals surface area contributed by atoms with Crippen molar-refractivity contribution in [1.29, 1.82) is 0 Å². The highest BCUT2D eigenvalue weighted by atomic mass is 16.5. The summed E-state index contributed by atoms with van der Waals surface area (Å²) >= 11 is 0. The van der Waals surface area contributed by atoms with Gasteiger partial charge in [0, 0.05) is 13.0 Å². The molecule has 9 nitrogen and oxygen atoms in total. The number of ether oxygens (including phenoxy) is 3. The van der Waals surface area contributed by atoms with Gasteiger partial charge in [0.05, 0.1) is 27.4 Å². The van der Waals surface area contributed by atoms with Crippen LogP contribution in [0.2, 0.25) is 0 Å². The first kappa shape index (κ1) is 26.0. The maximum absolute atomic E-state index is 13.4. The molecule has 0 spiro atoms. The summed E-state index contributed by atoms with van der Waals surface area (Å²) in [6.45, 7) is 1.73. The number of fused-ring (bicyclic) bond motifs is 1. The number of rotatable bonds is 10. The molecular formula is C26H32N2O7. The van der Waals surface area contributed by atoms with Gasteiger partial charge in [-0.15, -0.1) is 0 Å². The first-order chi connectivity index (χ1) is 16.8. The molecule has 1 heterocycles. The van der Waals surface area contributed by atoms with E-state index in [1.807, 2.05) is 30.3 Å². The van der Waals surface area contributed by atoms with E-state index >= 15 is 0 Å². The third-order valence-corrected chi connectivity index (χ3v) is 6.28. The number of carbonyl (C=O) groups excluding carboxylic acids is 2. The predicted molar refractivity (Wildman–Crippen MR) is 128 cm³/mol. The topological polar surface area (TPSA) is 114 Å². The van der Waals surface area contributed by atoms with Gasteiger partial charge in [-0.3, -0.25) is 14.9 Å². The van der Waals surface area contributed by atoms with E-state index in [2.05, 4.69) is 5.32 Å². The van der Waals surface area contributed by atoms with Gasteiger partial charge in [0.1, 0.15) is 12.1 Å². The van der Waals surface area contributed by atoms with Gasteiger partial charge in [0.15, 0.2) is 11.5 Å². The van der Waals surface area contributed by atoms with E-state index in [1.54, 1.807) is 19.1 Å². The minimum atomic E-state index is -1.10. The van der Waals surface area contributed by atoms with Crippen LogP contribution in [-0.2, 0) is 38.5 Å². The number of carbonyl (C=O) groups is 3. The maximum atomic E-state index is 13.4. The lowest BCUT2D eigenvalue weighted by atomic mass is 9.92. The zero-order valence-electron chi connectivity index (χ0n) is 20.4. The molecule has 2 aromatic carbocycles. The molecular weight excluding hydrogens is 452 g/mol. The van der Waals surface area contributed by atoms with Crippen LogP contribution in [-0.4, -0.2) is 67.3 Å². The van der Waals surface area contributed by atoms with Crippen LogP contribution < -0.4 is 14.8 Å². The second-order valence-electron chi connectivity index (χ2n) is 8.49. The number of benzene rings is 2. The van der Waals surface area contributed by atoms with E-state index < -0.39 is 36.0 Å². The van der Waals surface area contributed by atoms with E-state index in [-0.39, 0.29) is 13.0 Å². The molecule has 3 atom stereocenters. The number of carboxylic acids is 1. The molecule has 3 rings (SSSR count). The molecule has 0 saturated carbocycles. The molecule has 9 heteroatoms. The molecule has 0 fully saturated rings. The van der Waals surface area contributed by atoms with E-state index in [4.69, 9.17) is 14.2 Å². The average Bonchev–Trinajstić information content (AvgIpc) is 2.88. The largest absolute Gasteiger partial charge is 0.493 e. The Morgan fingerprint density at radius 3 is 2.26 bits per heavy atom. The van der Waals surface area contributed by atoms with E-state index in [1.165, 1.54) is 26.2 Å². The van der Waals surface area contributed by atoms with Gasteiger partial charge in [-0.25, -0.2) is 4.79 Å². The van der Waals surface area contributed by atoms with Crippen LogP contribution in [0.3, 0.4) is 0 Å². The Hall–Kier alpha value is -3.59. The van der Waals surface area contributed by atoms with E-state index in [0.29, 0.717) is 24.3 Å². The fraction of sp³-hybridized carbons (Fsp3) is 0.423. The van der Waals surface area contributed by atoms with E-state index in [9.17, 15) is 19.5 Å². The van der Waals surface area contributed by atoms with Crippen LogP contribution in [0.15, 0.2) is 42.5 Å². The maximum Gasteiger partial charge on any atom is 0.326 e. The fourth-order valence-electron chi connectivity index (χ4n) is 4.35. The van der Waals surface area contributed by atoms with Gasteiger partial charge < -0.3 is 24.2 Å². The first-order valence-electron chi connectivity index (χ1n) is 11.4. The second kappa shape index (κ2) is 11.7. The van der Waals surface area contributed by atoms with Crippen molar-refractivity contribution >= 4 is 17.8 Å². The molecule has 1 aliphatic rings. The minimum absolute atomic E-state index is 0.102. The number of nitrogens with zero attached hydrogens (tertiary/aromatic N) is 1. The summed E-state index contributed by atoms with van der Waals surface area (Å²) in [5.74, 6) is -0.975. The van der Waals surface area contributed by atoms with Crippen LogP contribution in [0.25, 0.3) is 0 Å². The van der Waals surface area contributed by atoms with Crippen molar-refractivity contribution in [3.63, 3.8) is 0 Å². The van der Waals surface area contributed by atoms with Gasteiger partial charge in [-0.05, 0) is 48.6 Å². The Morgan fingerprint density at radius 2 is 1.69 bits per heavy atom. The zero-order valence-corrected chi connectivity index (χ0v) is 20.4. The van der Waals surface area contributed by atoms with Gasteiger partial charge >= 0.3 is 11.9 Å². The quantitative estimate of drug-likeness (QED) is 0.494. The number of carboxylic acid groups (broad SMARTS) is 1. The molecule has 1 aliphatic heterocycles. The van der Waals surface area contributed by atoms with Crippen LogP contribution in [0.1, 0.15) is 30.0 Å². The van der Waals surface area contributed by atoms with Crippen LogP contribution in [0.4, 0.5) is 0 Å². The smallest absolute Gasteiger partial charge is 0.326 e. The minimum Gasteiger partial charge on any atom is -0.493 e. The Bertz CT molecular complexity index is 1060. The second-order valence-corrected chi connectivity index (χ2v) is 8.49. The zero-order chi connectivity index (χ0) is 25.5. The Labute approximate surface area is 205 Å². The van der Waals surface area contributed by atoms with Gasteiger partial charge in [0.25, 0.3) is 0 Å². The molecule has 2 aromatic rings. The molecule has 0 radical (unpaired) electrons. The molecule has 0 aliphatic carbocycles. The number of esters is 1. The molecule has 2 N–H and O–H groups in total. The lowest BCUT2D eigenvalue weighted by Gasteiger charge is -2.37. The monoisotopic (exact) mass is 484 g/mol. The van der Waals surface area contributed by atoms with Crippen molar-refractivity contribution < 1.29 is 33.7 Å².